The van der Waals surface area contributed by atoms with E-state index in [-0.39, 0.29) is 6.04 Å². The van der Waals surface area contributed by atoms with E-state index in [1.807, 2.05) is 28.9 Å². The highest BCUT2D eigenvalue weighted by Gasteiger charge is 2.18. The van der Waals surface area contributed by atoms with Gasteiger partial charge in [0.2, 0.25) is 0 Å². The first kappa shape index (κ1) is 13.4. The fourth-order valence-electron chi connectivity index (χ4n) is 1.90. The molecule has 1 heterocycles. The molecular weight excluding hydrogens is 269 g/mol. The van der Waals surface area contributed by atoms with Gasteiger partial charge in [-0.25, -0.2) is 0 Å². The van der Waals surface area contributed by atoms with Crippen LogP contribution in [0.4, 0.5) is 0 Å². The molecule has 2 rings (SSSR count). The van der Waals surface area contributed by atoms with E-state index in [9.17, 15) is 0 Å². The molecule has 3 nitrogen and oxygen atoms in total. The van der Waals surface area contributed by atoms with Crippen molar-refractivity contribution in [3.8, 4) is 0 Å². The first-order valence-corrected chi connectivity index (χ1v) is 6.61. The molecule has 2 aromatic rings. The summed E-state index contributed by atoms with van der Waals surface area (Å²) in [6.45, 7) is 2.90. The molecule has 0 spiro atoms. The van der Waals surface area contributed by atoms with Gasteiger partial charge in [0.15, 0.2) is 0 Å². The van der Waals surface area contributed by atoms with Crippen LogP contribution in [0.5, 0.6) is 0 Å². The van der Waals surface area contributed by atoms with Gasteiger partial charge < -0.3 is 5.73 Å². The molecule has 0 fully saturated rings. The molecular formula is C13H15Cl2N3. The van der Waals surface area contributed by atoms with Gasteiger partial charge in [0.25, 0.3) is 0 Å². The van der Waals surface area contributed by atoms with E-state index in [0.29, 0.717) is 10.0 Å². The second-order valence-corrected chi connectivity index (χ2v) is 4.97. The van der Waals surface area contributed by atoms with Crippen LogP contribution in [-0.4, -0.2) is 9.78 Å². The Hall–Kier alpha value is -1.03. The summed E-state index contributed by atoms with van der Waals surface area (Å²) in [7, 11) is 0. The third-order valence-corrected chi connectivity index (χ3v) is 3.34. The lowest BCUT2D eigenvalue weighted by atomic mass is 10.0. The Morgan fingerprint density at radius 1 is 1.28 bits per heavy atom. The zero-order valence-corrected chi connectivity index (χ0v) is 11.6. The van der Waals surface area contributed by atoms with Crippen molar-refractivity contribution in [2.45, 2.75) is 25.9 Å². The van der Waals surface area contributed by atoms with Gasteiger partial charge in [-0.3, -0.25) is 4.68 Å². The van der Waals surface area contributed by atoms with Gasteiger partial charge in [-0.1, -0.05) is 42.3 Å². The van der Waals surface area contributed by atoms with Crippen LogP contribution in [0.25, 0.3) is 0 Å². The van der Waals surface area contributed by atoms with Crippen molar-refractivity contribution in [1.29, 1.82) is 0 Å². The molecule has 18 heavy (non-hydrogen) atoms. The summed E-state index contributed by atoms with van der Waals surface area (Å²) >= 11 is 12.0. The molecule has 1 aromatic carbocycles. The number of rotatable bonds is 4. The van der Waals surface area contributed by atoms with Gasteiger partial charge in [0, 0.05) is 11.6 Å². The lowest BCUT2D eigenvalue weighted by Crippen LogP contribution is -2.18. The van der Waals surface area contributed by atoms with E-state index in [0.717, 1.165) is 24.2 Å². The van der Waals surface area contributed by atoms with Gasteiger partial charge >= 0.3 is 0 Å². The summed E-state index contributed by atoms with van der Waals surface area (Å²) < 4.78 is 1.86. The predicted octanol–water partition coefficient (Wildman–Crippen LogP) is 3.65. The van der Waals surface area contributed by atoms with E-state index >= 15 is 0 Å². The zero-order valence-electron chi connectivity index (χ0n) is 10.1. The second kappa shape index (κ2) is 5.74. The SMILES string of the molecule is CCCn1ncc(Cl)c1C(N)c1ccc(Cl)cc1. The van der Waals surface area contributed by atoms with Crippen LogP contribution >= 0.6 is 23.2 Å². The number of hydrogen-bond donors (Lipinski definition) is 1. The maximum atomic E-state index is 6.25. The van der Waals surface area contributed by atoms with Gasteiger partial charge in [-0.2, -0.15) is 5.10 Å². The highest BCUT2D eigenvalue weighted by atomic mass is 35.5. The lowest BCUT2D eigenvalue weighted by molar-refractivity contribution is 0.560. The van der Waals surface area contributed by atoms with Gasteiger partial charge in [-0.05, 0) is 24.1 Å². The van der Waals surface area contributed by atoms with E-state index in [4.69, 9.17) is 28.9 Å². The normalized spacial score (nSPS) is 12.7. The number of hydrogen-bond acceptors (Lipinski definition) is 2. The quantitative estimate of drug-likeness (QED) is 0.931. The minimum absolute atomic E-state index is 0.288. The lowest BCUT2D eigenvalue weighted by Gasteiger charge is -2.15. The molecule has 0 saturated heterocycles. The molecule has 0 aliphatic heterocycles. The largest absolute Gasteiger partial charge is 0.319 e. The summed E-state index contributed by atoms with van der Waals surface area (Å²) in [4.78, 5) is 0. The molecule has 0 aliphatic carbocycles. The van der Waals surface area contributed by atoms with E-state index in [1.165, 1.54) is 0 Å². The second-order valence-electron chi connectivity index (χ2n) is 4.13. The van der Waals surface area contributed by atoms with Crippen LogP contribution in [0.15, 0.2) is 30.5 Å². The average molecular weight is 284 g/mol. The van der Waals surface area contributed by atoms with Crippen LogP contribution in [-0.2, 0) is 6.54 Å². The van der Waals surface area contributed by atoms with Crippen LogP contribution in [0.1, 0.15) is 30.6 Å². The summed E-state index contributed by atoms with van der Waals surface area (Å²) in [5.41, 5.74) is 8.07. The highest BCUT2D eigenvalue weighted by molar-refractivity contribution is 6.31. The van der Waals surface area contributed by atoms with E-state index in [2.05, 4.69) is 12.0 Å². The highest BCUT2D eigenvalue weighted by Crippen LogP contribution is 2.27. The summed E-state index contributed by atoms with van der Waals surface area (Å²) in [5, 5.41) is 5.54. The fourth-order valence-corrected chi connectivity index (χ4v) is 2.28. The Morgan fingerprint density at radius 2 is 1.94 bits per heavy atom. The smallest absolute Gasteiger partial charge is 0.0837 e. The first-order chi connectivity index (χ1) is 8.63. The third-order valence-electron chi connectivity index (χ3n) is 2.79. The standard InChI is InChI=1S/C13H15Cl2N3/c1-2-7-18-13(11(15)8-17-18)12(16)9-3-5-10(14)6-4-9/h3-6,8,12H,2,7,16H2,1H3. The topological polar surface area (TPSA) is 43.8 Å². The van der Waals surface area contributed by atoms with Crippen LogP contribution in [0.2, 0.25) is 10.0 Å². The molecule has 2 N–H and O–H groups in total. The Labute approximate surface area is 117 Å². The molecule has 1 unspecified atom stereocenters. The molecule has 0 bridgehead atoms. The van der Waals surface area contributed by atoms with Crippen LogP contribution in [0.3, 0.4) is 0 Å². The van der Waals surface area contributed by atoms with Crippen molar-refractivity contribution in [3.05, 3.63) is 51.8 Å². The number of aryl methyl sites for hydroxylation is 1. The molecule has 0 saturated carbocycles. The third kappa shape index (κ3) is 2.69. The Morgan fingerprint density at radius 3 is 2.56 bits per heavy atom. The fraction of sp³-hybridized carbons (Fsp3) is 0.308. The van der Waals surface area contributed by atoms with E-state index in [1.54, 1.807) is 6.20 Å². The monoisotopic (exact) mass is 283 g/mol. The summed E-state index contributed by atoms with van der Waals surface area (Å²) in [6.07, 6.45) is 2.63. The first-order valence-electron chi connectivity index (χ1n) is 5.85. The maximum absolute atomic E-state index is 6.25. The van der Waals surface area contributed by atoms with E-state index < -0.39 is 0 Å². The van der Waals surface area contributed by atoms with Crippen LogP contribution in [0, 0.1) is 0 Å². The van der Waals surface area contributed by atoms with Crippen LogP contribution < -0.4 is 5.73 Å². The van der Waals surface area contributed by atoms with Crippen molar-refractivity contribution in [2.75, 3.05) is 0 Å². The number of nitrogens with zero attached hydrogens (tertiary/aromatic N) is 2. The Balaban J connectivity index is 2.35. The van der Waals surface area contributed by atoms with Crippen molar-refractivity contribution < 1.29 is 0 Å². The number of aromatic nitrogens is 2. The Kier molecular flexibility index (Phi) is 4.27. The Bertz CT molecular complexity index is 520. The minimum atomic E-state index is -0.288. The molecule has 1 aromatic heterocycles. The molecule has 96 valence electrons. The molecule has 5 heteroatoms. The van der Waals surface area contributed by atoms with Crippen molar-refractivity contribution in [3.63, 3.8) is 0 Å². The van der Waals surface area contributed by atoms with Gasteiger partial charge in [0.1, 0.15) is 0 Å². The average Bonchev–Trinajstić information content (AvgIpc) is 2.71. The van der Waals surface area contributed by atoms with Crippen molar-refractivity contribution in [2.24, 2.45) is 5.73 Å². The minimum Gasteiger partial charge on any atom is -0.319 e. The van der Waals surface area contributed by atoms with Gasteiger partial charge in [-0.15, -0.1) is 0 Å². The molecule has 0 radical (unpaired) electrons. The maximum Gasteiger partial charge on any atom is 0.0837 e. The molecule has 1 atom stereocenters. The molecule has 0 amide bonds. The van der Waals surface area contributed by atoms with Crippen molar-refractivity contribution in [1.82, 2.24) is 9.78 Å². The predicted molar refractivity (Wildman–Crippen MR) is 75.0 cm³/mol. The molecule has 0 aliphatic rings. The number of benzene rings is 1. The summed E-state index contributed by atoms with van der Waals surface area (Å²) in [6, 6.07) is 7.18. The summed E-state index contributed by atoms with van der Waals surface area (Å²) in [5.74, 6) is 0. The van der Waals surface area contributed by atoms with Crippen molar-refractivity contribution >= 4 is 23.2 Å². The number of halogens is 2. The zero-order chi connectivity index (χ0) is 13.1. The number of nitrogens with two attached hydrogens (primary N) is 1. The van der Waals surface area contributed by atoms with Gasteiger partial charge in [0.05, 0.1) is 23.0 Å².